The van der Waals surface area contributed by atoms with E-state index < -0.39 is 30.8 Å². The molecule has 0 bridgehead atoms. The van der Waals surface area contributed by atoms with Gasteiger partial charge in [-0.3, -0.25) is 9.78 Å². The van der Waals surface area contributed by atoms with Gasteiger partial charge < -0.3 is 20.3 Å². The molecule has 1 aliphatic carbocycles. The number of rotatable bonds is 7. The molecule has 34 heavy (non-hydrogen) atoms. The highest BCUT2D eigenvalue weighted by Crippen LogP contribution is 2.37. The molecule has 0 unspecified atom stereocenters. The normalized spacial score (nSPS) is 13.5. The third kappa shape index (κ3) is 5.38. The van der Waals surface area contributed by atoms with Gasteiger partial charge in [-0.2, -0.15) is 13.2 Å². The van der Waals surface area contributed by atoms with Gasteiger partial charge in [0.1, 0.15) is 6.54 Å². The minimum atomic E-state index is -4.47. The maximum atomic E-state index is 13.3. The fourth-order valence-corrected chi connectivity index (χ4v) is 4.35. The number of carbonyl (C=O) groups excluding carboxylic acids is 1. The first-order chi connectivity index (χ1) is 16.2. The number of nitrogens with zero attached hydrogens (tertiary/aromatic N) is 2. The number of nitrogens with one attached hydrogen (secondary N) is 2. The molecule has 0 radical (unpaired) electrons. The minimum absolute atomic E-state index is 0.0457. The van der Waals surface area contributed by atoms with E-state index in [0.29, 0.717) is 36.1 Å². The van der Waals surface area contributed by atoms with Crippen molar-refractivity contribution in [2.24, 2.45) is 0 Å². The Kier molecular flexibility index (Phi) is 6.58. The van der Waals surface area contributed by atoms with Crippen LogP contribution in [0, 0.1) is 0 Å². The molecule has 2 heterocycles. The summed E-state index contributed by atoms with van der Waals surface area (Å²) in [4.78, 5) is 28.3. The first-order valence-electron chi connectivity index (χ1n) is 10.7. The molecule has 1 aromatic carbocycles. The largest absolute Gasteiger partial charge is 0.465 e. The van der Waals surface area contributed by atoms with Crippen LogP contribution >= 0.6 is 0 Å². The molecule has 10 heteroatoms. The van der Waals surface area contributed by atoms with Crippen LogP contribution in [0.25, 0.3) is 11.3 Å². The van der Waals surface area contributed by atoms with E-state index in [1.165, 1.54) is 12.4 Å². The zero-order valence-corrected chi connectivity index (χ0v) is 18.1. The second kappa shape index (κ2) is 9.58. The highest BCUT2D eigenvalue weighted by Gasteiger charge is 2.33. The molecule has 178 valence electrons. The summed E-state index contributed by atoms with van der Waals surface area (Å²) in [6, 6.07) is 10.3. The molecule has 0 fully saturated rings. The summed E-state index contributed by atoms with van der Waals surface area (Å²) in [5, 5.41) is 14.1. The van der Waals surface area contributed by atoms with Gasteiger partial charge in [-0.1, -0.05) is 30.3 Å². The lowest BCUT2D eigenvalue weighted by molar-refractivity contribution is -0.140. The smallest absolute Gasteiger partial charge is 0.406 e. The van der Waals surface area contributed by atoms with Crippen LogP contribution in [0.15, 0.2) is 55.0 Å². The van der Waals surface area contributed by atoms with E-state index in [1.54, 1.807) is 12.3 Å². The predicted molar refractivity (Wildman–Crippen MR) is 119 cm³/mol. The summed E-state index contributed by atoms with van der Waals surface area (Å²) in [6.45, 7) is -1.27. The highest BCUT2D eigenvalue weighted by atomic mass is 19.4. The zero-order valence-electron chi connectivity index (χ0n) is 18.1. The van der Waals surface area contributed by atoms with E-state index in [9.17, 15) is 22.8 Å². The van der Waals surface area contributed by atoms with E-state index in [0.717, 1.165) is 15.7 Å². The zero-order chi connectivity index (χ0) is 24.3. The maximum absolute atomic E-state index is 13.3. The van der Waals surface area contributed by atoms with Crippen LogP contribution in [0.2, 0.25) is 0 Å². The van der Waals surface area contributed by atoms with Gasteiger partial charge in [-0.25, -0.2) is 4.79 Å². The van der Waals surface area contributed by atoms with Crippen molar-refractivity contribution in [2.45, 2.75) is 38.0 Å². The first-order valence-corrected chi connectivity index (χ1v) is 10.7. The molecule has 0 saturated carbocycles. The van der Waals surface area contributed by atoms with Crippen LogP contribution in [0.4, 0.5) is 18.0 Å². The molecule has 0 aliphatic heterocycles. The molecule has 1 atom stereocenters. The van der Waals surface area contributed by atoms with Crippen LogP contribution in [0.5, 0.6) is 0 Å². The van der Waals surface area contributed by atoms with Gasteiger partial charge in [0.25, 0.3) is 5.91 Å². The number of carbonyl (C=O) groups is 2. The summed E-state index contributed by atoms with van der Waals surface area (Å²) in [5.74, 6) is -0.539. The van der Waals surface area contributed by atoms with Gasteiger partial charge in [0.05, 0.1) is 17.3 Å². The number of hydrogen-bond donors (Lipinski definition) is 3. The second-order valence-electron chi connectivity index (χ2n) is 8.19. The van der Waals surface area contributed by atoms with Crippen LogP contribution in [-0.4, -0.2) is 45.4 Å². The van der Waals surface area contributed by atoms with Crippen molar-refractivity contribution in [1.82, 2.24) is 20.2 Å². The third-order valence-corrected chi connectivity index (χ3v) is 5.74. The van der Waals surface area contributed by atoms with Gasteiger partial charge in [0.15, 0.2) is 0 Å². The Morgan fingerprint density at radius 1 is 1.15 bits per heavy atom. The van der Waals surface area contributed by atoms with Crippen molar-refractivity contribution in [1.29, 1.82) is 0 Å². The van der Waals surface area contributed by atoms with E-state index >= 15 is 0 Å². The quantitative estimate of drug-likeness (QED) is 0.487. The summed E-state index contributed by atoms with van der Waals surface area (Å²) in [7, 11) is 0. The van der Waals surface area contributed by atoms with Gasteiger partial charge >= 0.3 is 12.3 Å². The number of benzene rings is 1. The Hall–Kier alpha value is -3.82. The maximum Gasteiger partial charge on any atom is 0.406 e. The fraction of sp³-hybridized carbons (Fsp3) is 0.292. The molecule has 3 aromatic rings. The van der Waals surface area contributed by atoms with E-state index in [1.807, 2.05) is 30.3 Å². The molecular weight excluding hydrogens is 449 g/mol. The predicted octanol–water partition coefficient (Wildman–Crippen LogP) is 3.82. The van der Waals surface area contributed by atoms with E-state index in [4.69, 9.17) is 5.11 Å². The molecule has 7 nitrogen and oxygen atoms in total. The van der Waals surface area contributed by atoms with Crippen molar-refractivity contribution in [3.63, 3.8) is 0 Å². The number of carboxylic acid groups (broad SMARTS) is 1. The van der Waals surface area contributed by atoms with Gasteiger partial charge in [-0.15, -0.1) is 0 Å². The molecule has 0 saturated heterocycles. The third-order valence-electron chi connectivity index (χ3n) is 5.74. The summed E-state index contributed by atoms with van der Waals surface area (Å²) in [5.41, 5.74) is 3.43. The molecule has 4 rings (SSSR count). The lowest BCUT2D eigenvalue weighted by Gasteiger charge is -2.21. The Balaban J connectivity index is 1.66. The first kappa shape index (κ1) is 23.3. The number of fused-ring (bicyclic) bond motifs is 3. The van der Waals surface area contributed by atoms with Crippen LogP contribution in [0.1, 0.15) is 27.0 Å². The van der Waals surface area contributed by atoms with Crippen LogP contribution in [0.3, 0.4) is 0 Å². The van der Waals surface area contributed by atoms with Gasteiger partial charge in [0.2, 0.25) is 0 Å². The number of pyridine rings is 1. The summed E-state index contributed by atoms with van der Waals surface area (Å²) >= 11 is 0. The minimum Gasteiger partial charge on any atom is -0.465 e. The molecule has 2 amide bonds. The molecule has 1 aliphatic rings. The number of hydrogen-bond acceptors (Lipinski definition) is 3. The van der Waals surface area contributed by atoms with Gasteiger partial charge in [0, 0.05) is 30.7 Å². The summed E-state index contributed by atoms with van der Waals surface area (Å²) < 4.78 is 41.1. The van der Waals surface area contributed by atoms with Crippen molar-refractivity contribution in [3.05, 3.63) is 77.2 Å². The lowest BCUT2D eigenvalue weighted by Crippen LogP contribution is -2.44. The van der Waals surface area contributed by atoms with Crippen molar-refractivity contribution < 1.29 is 27.9 Å². The van der Waals surface area contributed by atoms with Crippen molar-refractivity contribution in [3.8, 4) is 11.3 Å². The molecule has 3 N–H and O–H groups in total. The average molecular weight is 472 g/mol. The van der Waals surface area contributed by atoms with Crippen molar-refractivity contribution in [2.75, 3.05) is 6.54 Å². The Morgan fingerprint density at radius 2 is 1.91 bits per heavy atom. The Bertz CT molecular complexity index is 1190. The SMILES string of the molecule is O=C(O)NC[C@@H](Cc1ccccc1)NC(=O)c1cn(CC(F)(F)F)c2c1CCc1cnccc1-2. The highest BCUT2D eigenvalue weighted by molar-refractivity contribution is 5.98. The monoisotopic (exact) mass is 472 g/mol. The number of aromatic nitrogens is 2. The van der Waals surface area contributed by atoms with Crippen LogP contribution in [-0.2, 0) is 25.8 Å². The van der Waals surface area contributed by atoms with Crippen molar-refractivity contribution >= 4 is 12.0 Å². The average Bonchev–Trinajstić information content (AvgIpc) is 3.15. The Morgan fingerprint density at radius 3 is 2.62 bits per heavy atom. The molecular formula is C24H23F3N4O3. The lowest BCUT2D eigenvalue weighted by atomic mass is 9.89. The van der Waals surface area contributed by atoms with E-state index in [2.05, 4.69) is 15.6 Å². The number of aryl methyl sites for hydroxylation is 1. The number of alkyl halides is 3. The summed E-state index contributed by atoms with van der Waals surface area (Å²) in [6.07, 6.45) is 0.0135. The fourth-order valence-electron chi connectivity index (χ4n) is 4.35. The topological polar surface area (TPSA) is 96.3 Å². The Labute approximate surface area is 193 Å². The molecule has 2 aromatic heterocycles. The molecule has 0 spiro atoms. The van der Waals surface area contributed by atoms with Crippen LogP contribution < -0.4 is 10.6 Å². The number of amides is 2. The van der Waals surface area contributed by atoms with E-state index in [-0.39, 0.29) is 12.1 Å². The number of halogens is 3. The second-order valence-corrected chi connectivity index (χ2v) is 8.19. The standard InChI is InChI=1S/C24H23F3N4O3/c25-24(26,27)14-31-13-20(19-7-6-16-11-28-9-8-18(16)21(19)31)22(32)30-17(12-29-23(33)34)10-15-4-2-1-3-5-15/h1-5,8-9,11,13,17,29H,6-7,10,12,14H2,(H,30,32)(H,33,34)/t17-/m1/s1. The van der Waals surface area contributed by atoms with Gasteiger partial charge in [-0.05, 0) is 42.0 Å².